The summed E-state index contributed by atoms with van der Waals surface area (Å²) in [7, 11) is 0. The predicted octanol–water partition coefficient (Wildman–Crippen LogP) is -1.95. The molecule has 1 heterocycles. The molecular weight excluding hydrogens is 422 g/mol. The SMILES string of the molecule is CCC(C)C(NC(=O)C(CCC(N)=O)NC(=O)C1CCCN1C(=O)C(N)C(C)O)C(=O)O. The van der Waals surface area contributed by atoms with Gasteiger partial charge in [0.2, 0.25) is 23.6 Å². The Morgan fingerprint density at radius 1 is 1.16 bits per heavy atom. The zero-order chi connectivity index (χ0) is 24.6. The standard InChI is InChI=1S/C20H35N5O7/c1-4-10(2)16(20(31)32)24-17(28)12(7-8-14(21)27)23-18(29)13-6-5-9-25(13)19(30)15(22)11(3)26/h10-13,15-16,26H,4-9,22H2,1-3H3,(H2,21,27)(H,23,29)(H,24,28)(H,31,32). The highest BCUT2D eigenvalue weighted by molar-refractivity contribution is 5.94. The van der Waals surface area contributed by atoms with Gasteiger partial charge in [0.1, 0.15) is 24.2 Å². The minimum absolute atomic E-state index is 0.131. The van der Waals surface area contributed by atoms with E-state index in [-0.39, 0.29) is 25.3 Å². The Hall–Kier alpha value is -2.73. The van der Waals surface area contributed by atoms with Gasteiger partial charge in [-0.3, -0.25) is 19.2 Å². The van der Waals surface area contributed by atoms with Crippen molar-refractivity contribution in [3.8, 4) is 0 Å². The van der Waals surface area contributed by atoms with Crippen molar-refractivity contribution in [3.05, 3.63) is 0 Å². The Morgan fingerprint density at radius 3 is 2.28 bits per heavy atom. The number of rotatable bonds is 12. The summed E-state index contributed by atoms with van der Waals surface area (Å²) in [4.78, 5) is 62.2. The van der Waals surface area contributed by atoms with Crippen LogP contribution in [0.15, 0.2) is 0 Å². The Bertz CT molecular complexity index is 714. The molecular formula is C20H35N5O7. The molecule has 12 nitrogen and oxygen atoms in total. The van der Waals surface area contributed by atoms with Gasteiger partial charge in [-0.2, -0.15) is 0 Å². The summed E-state index contributed by atoms with van der Waals surface area (Å²) in [5.41, 5.74) is 10.9. The average molecular weight is 458 g/mol. The van der Waals surface area contributed by atoms with Crippen molar-refractivity contribution in [2.24, 2.45) is 17.4 Å². The van der Waals surface area contributed by atoms with E-state index >= 15 is 0 Å². The molecule has 0 saturated carbocycles. The molecule has 6 atom stereocenters. The molecule has 182 valence electrons. The molecule has 0 radical (unpaired) electrons. The molecule has 1 aliphatic heterocycles. The van der Waals surface area contributed by atoms with Crippen LogP contribution in [0.1, 0.15) is 52.9 Å². The number of carboxylic acid groups (broad SMARTS) is 1. The second-order valence-electron chi connectivity index (χ2n) is 8.23. The van der Waals surface area contributed by atoms with Gasteiger partial charge in [-0.05, 0) is 32.1 Å². The smallest absolute Gasteiger partial charge is 0.326 e. The van der Waals surface area contributed by atoms with Gasteiger partial charge in [0.25, 0.3) is 0 Å². The normalized spacial score (nSPS) is 20.5. The minimum atomic E-state index is -1.22. The van der Waals surface area contributed by atoms with E-state index in [0.29, 0.717) is 19.3 Å². The molecule has 0 bridgehead atoms. The summed E-state index contributed by atoms with van der Waals surface area (Å²) in [5, 5.41) is 23.9. The maximum absolute atomic E-state index is 12.9. The summed E-state index contributed by atoms with van der Waals surface area (Å²) in [5.74, 6) is -4.24. The molecule has 0 aliphatic carbocycles. The number of carbonyl (C=O) groups excluding carboxylic acids is 4. The number of amides is 4. The lowest BCUT2D eigenvalue weighted by atomic mass is 9.98. The third-order valence-corrected chi connectivity index (χ3v) is 5.73. The number of aliphatic hydroxyl groups excluding tert-OH is 1. The molecule has 1 saturated heterocycles. The highest BCUT2D eigenvalue weighted by atomic mass is 16.4. The first kappa shape index (κ1) is 27.3. The number of hydrogen-bond donors (Lipinski definition) is 6. The van der Waals surface area contributed by atoms with Gasteiger partial charge in [-0.15, -0.1) is 0 Å². The zero-order valence-corrected chi connectivity index (χ0v) is 18.7. The second kappa shape index (κ2) is 12.3. The molecule has 0 aromatic carbocycles. The van der Waals surface area contributed by atoms with Gasteiger partial charge in [-0.25, -0.2) is 4.79 Å². The van der Waals surface area contributed by atoms with Crippen LogP contribution in [-0.2, 0) is 24.0 Å². The number of nitrogens with one attached hydrogen (secondary N) is 2. The fourth-order valence-corrected chi connectivity index (χ4v) is 3.46. The van der Waals surface area contributed by atoms with Crippen molar-refractivity contribution in [1.82, 2.24) is 15.5 Å². The fraction of sp³-hybridized carbons (Fsp3) is 0.750. The van der Waals surface area contributed by atoms with Crippen LogP contribution in [-0.4, -0.2) is 81.5 Å². The number of nitrogens with zero attached hydrogens (tertiary/aromatic N) is 1. The topological polar surface area (TPSA) is 205 Å². The number of primary amides is 1. The highest BCUT2D eigenvalue weighted by Gasteiger charge is 2.39. The van der Waals surface area contributed by atoms with E-state index in [1.165, 1.54) is 11.8 Å². The number of aliphatic hydroxyl groups is 1. The van der Waals surface area contributed by atoms with Gasteiger partial charge in [0.05, 0.1) is 6.10 Å². The van der Waals surface area contributed by atoms with Crippen LogP contribution >= 0.6 is 0 Å². The van der Waals surface area contributed by atoms with Crippen LogP contribution in [0.5, 0.6) is 0 Å². The number of likely N-dealkylation sites (tertiary alicyclic amines) is 1. The van der Waals surface area contributed by atoms with E-state index in [2.05, 4.69) is 10.6 Å². The number of aliphatic carboxylic acids is 1. The summed E-state index contributed by atoms with van der Waals surface area (Å²) in [6.07, 6.45) is -0.0806. The average Bonchev–Trinajstić information content (AvgIpc) is 3.22. The van der Waals surface area contributed by atoms with Crippen LogP contribution in [0.4, 0.5) is 0 Å². The molecule has 8 N–H and O–H groups in total. The molecule has 0 aromatic rings. The summed E-state index contributed by atoms with van der Waals surface area (Å²) < 4.78 is 0. The van der Waals surface area contributed by atoms with Crippen molar-refractivity contribution < 1.29 is 34.2 Å². The third kappa shape index (κ3) is 7.45. The molecule has 1 fully saturated rings. The minimum Gasteiger partial charge on any atom is -0.480 e. The lowest BCUT2D eigenvalue weighted by Gasteiger charge is -2.29. The van der Waals surface area contributed by atoms with E-state index in [1.54, 1.807) is 13.8 Å². The Kier molecular flexibility index (Phi) is 10.5. The first-order chi connectivity index (χ1) is 14.9. The van der Waals surface area contributed by atoms with Crippen molar-refractivity contribution in [3.63, 3.8) is 0 Å². The van der Waals surface area contributed by atoms with E-state index in [1.807, 2.05) is 0 Å². The highest BCUT2D eigenvalue weighted by Crippen LogP contribution is 2.19. The lowest BCUT2D eigenvalue weighted by Crippen LogP contribution is -2.58. The molecule has 1 aliphatic rings. The van der Waals surface area contributed by atoms with Crippen molar-refractivity contribution in [2.45, 2.75) is 83.1 Å². The lowest BCUT2D eigenvalue weighted by molar-refractivity contribution is -0.144. The maximum atomic E-state index is 12.9. The third-order valence-electron chi connectivity index (χ3n) is 5.73. The first-order valence-corrected chi connectivity index (χ1v) is 10.8. The molecule has 32 heavy (non-hydrogen) atoms. The number of carbonyl (C=O) groups is 5. The zero-order valence-electron chi connectivity index (χ0n) is 18.7. The molecule has 12 heteroatoms. The molecule has 0 aromatic heterocycles. The van der Waals surface area contributed by atoms with Gasteiger partial charge in [0.15, 0.2) is 0 Å². The molecule has 1 rings (SSSR count). The van der Waals surface area contributed by atoms with Crippen molar-refractivity contribution >= 4 is 29.6 Å². The Balaban J connectivity index is 2.98. The molecule has 6 unspecified atom stereocenters. The van der Waals surface area contributed by atoms with Crippen LogP contribution in [0.2, 0.25) is 0 Å². The van der Waals surface area contributed by atoms with Gasteiger partial charge >= 0.3 is 5.97 Å². The van der Waals surface area contributed by atoms with Crippen LogP contribution in [0, 0.1) is 5.92 Å². The Morgan fingerprint density at radius 2 is 1.78 bits per heavy atom. The summed E-state index contributed by atoms with van der Waals surface area (Å²) in [6.45, 7) is 5.09. The summed E-state index contributed by atoms with van der Waals surface area (Å²) >= 11 is 0. The van der Waals surface area contributed by atoms with E-state index in [0.717, 1.165) is 0 Å². The Labute approximate surface area is 187 Å². The fourth-order valence-electron chi connectivity index (χ4n) is 3.46. The largest absolute Gasteiger partial charge is 0.480 e. The molecule has 4 amide bonds. The summed E-state index contributed by atoms with van der Waals surface area (Å²) in [6, 6.07) is -4.48. The number of carboxylic acids is 1. The van der Waals surface area contributed by atoms with Crippen molar-refractivity contribution in [1.29, 1.82) is 0 Å². The monoisotopic (exact) mass is 457 g/mol. The first-order valence-electron chi connectivity index (χ1n) is 10.8. The van der Waals surface area contributed by atoms with Gasteiger partial charge < -0.3 is 37.2 Å². The van der Waals surface area contributed by atoms with Crippen LogP contribution in [0.3, 0.4) is 0 Å². The second-order valence-corrected chi connectivity index (χ2v) is 8.23. The van der Waals surface area contributed by atoms with E-state index in [4.69, 9.17) is 11.5 Å². The maximum Gasteiger partial charge on any atom is 0.326 e. The van der Waals surface area contributed by atoms with E-state index in [9.17, 15) is 34.2 Å². The van der Waals surface area contributed by atoms with E-state index < -0.39 is 59.9 Å². The van der Waals surface area contributed by atoms with Gasteiger partial charge in [-0.1, -0.05) is 20.3 Å². The quantitative estimate of drug-likeness (QED) is 0.194. The molecule has 0 spiro atoms. The number of hydrogen-bond acceptors (Lipinski definition) is 7. The van der Waals surface area contributed by atoms with Crippen LogP contribution < -0.4 is 22.1 Å². The number of nitrogens with two attached hydrogens (primary N) is 2. The van der Waals surface area contributed by atoms with Gasteiger partial charge in [0, 0.05) is 13.0 Å². The predicted molar refractivity (Wildman–Crippen MR) is 114 cm³/mol. The van der Waals surface area contributed by atoms with Crippen LogP contribution in [0.25, 0.3) is 0 Å². The van der Waals surface area contributed by atoms with Crippen molar-refractivity contribution in [2.75, 3.05) is 6.54 Å².